The zero-order valence-electron chi connectivity index (χ0n) is 10.5. The highest BCUT2D eigenvalue weighted by molar-refractivity contribution is 4.84. The molecule has 0 saturated carbocycles. The van der Waals surface area contributed by atoms with Crippen molar-refractivity contribution in [2.45, 2.75) is 25.6 Å². The fourth-order valence-electron chi connectivity index (χ4n) is 2.05. The largest absolute Gasteiger partial charge is 0.368 e. The number of ether oxygens (including phenoxy) is 1. The third kappa shape index (κ3) is 4.47. The lowest BCUT2D eigenvalue weighted by Crippen LogP contribution is -2.55. The molecule has 2 N–H and O–H groups in total. The van der Waals surface area contributed by atoms with Gasteiger partial charge in [0.1, 0.15) is 0 Å². The first-order valence-electron chi connectivity index (χ1n) is 5.68. The molecule has 0 aromatic carbocycles. The van der Waals surface area contributed by atoms with Crippen LogP contribution in [0.3, 0.4) is 0 Å². The van der Waals surface area contributed by atoms with Gasteiger partial charge >= 0.3 is 0 Å². The van der Waals surface area contributed by atoms with E-state index < -0.39 is 0 Å². The minimum absolute atomic E-state index is 0.0609. The van der Waals surface area contributed by atoms with Gasteiger partial charge in [0.25, 0.3) is 0 Å². The molecule has 1 heterocycles. The van der Waals surface area contributed by atoms with E-state index in [9.17, 15) is 0 Å². The molecule has 90 valence electrons. The summed E-state index contributed by atoms with van der Waals surface area (Å²) >= 11 is 0. The topological polar surface area (TPSA) is 41.7 Å². The number of likely N-dealkylation sites (N-methyl/N-ethyl adjacent to an activating group) is 1. The maximum Gasteiger partial charge on any atom is 0.0831 e. The van der Waals surface area contributed by atoms with Gasteiger partial charge in [0.2, 0.25) is 0 Å². The monoisotopic (exact) mass is 215 g/mol. The fourth-order valence-corrected chi connectivity index (χ4v) is 2.05. The molecule has 0 bridgehead atoms. The van der Waals surface area contributed by atoms with Crippen molar-refractivity contribution < 1.29 is 4.74 Å². The molecule has 0 aliphatic carbocycles. The second kappa shape index (κ2) is 5.25. The summed E-state index contributed by atoms with van der Waals surface area (Å²) in [6.07, 6.45) is 0.191. The van der Waals surface area contributed by atoms with Gasteiger partial charge in [-0.3, -0.25) is 4.90 Å². The van der Waals surface area contributed by atoms with Crippen LogP contribution in [-0.2, 0) is 4.74 Å². The van der Waals surface area contributed by atoms with Gasteiger partial charge in [-0.1, -0.05) is 0 Å². The Labute approximate surface area is 93.4 Å². The summed E-state index contributed by atoms with van der Waals surface area (Å²) in [5.74, 6) is 0. The quantitative estimate of drug-likeness (QED) is 0.716. The number of nitrogens with zero attached hydrogens (tertiary/aromatic N) is 2. The van der Waals surface area contributed by atoms with Gasteiger partial charge < -0.3 is 15.4 Å². The lowest BCUT2D eigenvalue weighted by atomic mass is 10.1. The molecule has 4 heteroatoms. The van der Waals surface area contributed by atoms with E-state index in [0.29, 0.717) is 6.54 Å². The Morgan fingerprint density at radius 3 is 2.67 bits per heavy atom. The molecular weight excluding hydrogens is 190 g/mol. The second-order valence-corrected chi connectivity index (χ2v) is 5.27. The summed E-state index contributed by atoms with van der Waals surface area (Å²) in [5, 5.41) is 0. The van der Waals surface area contributed by atoms with E-state index in [0.717, 1.165) is 26.2 Å². The SMILES string of the molecule is CN(C)CCN1CC(CN)OC(C)(C)C1. The van der Waals surface area contributed by atoms with Crippen LogP contribution in [0.4, 0.5) is 0 Å². The Bertz CT molecular complexity index is 194. The van der Waals surface area contributed by atoms with Crippen LogP contribution >= 0.6 is 0 Å². The smallest absolute Gasteiger partial charge is 0.0831 e. The van der Waals surface area contributed by atoms with E-state index >= 15 is 0 Å². The standard InChI is InChI=1S/C11H25N3O/c1-11(2)9-14(6-5-13(3)4)8-10(7-12)15-11/h10H,5-9,12H2,1-4H3. The Morgan fingerprint density at radius 1 is 1.47 bits per heavy atom. The first-order chi connectivity index (χ1) is 6.93. The van der Waals surface area contributed by atoms with Crippen molar-refractivity contribution in [1.82, 2.24) is 9.80 Å². The molecule has 4 nitrogen and oxygen atoms in total. The lowest BCUT2D eigenvalue weighted by molar-refractivity contribution is -0.132. The van der Waals surface area contributed by atoms with Gasteiger partial charge in [-0.2, -0.15) is 0 Å². The second-order valence-electron chi connectivity index (χ2n) is 5.27. The molecular formula is C11H25N3O. The fraction of sp³-hybridized carbons (Fsp3) is 1.00. The summed E-state index contributed by atoms with van der Waals surface area (Å²) in [6.45, 7) is 9.03. The van der Waals surface area contributed by atoms with Crippen LogP contribution in [0.2, 0.25) is 0 Å². The average Bonchev–Trinajstić information content (AvgIpc) is 2.12. The lowest BCUT2D eigenvalue weighted by Gasteiger charge is -2.42. The molecule has 0 spiro atoms. The highest BCUT2D eigenvalue weighted by Crippen LogP contribution is 2.20. The van der Waals surface area contributed by atoms with E-state index in [4.69, 9.17) is 10.5 Å². The molecule has 0 aromatic heterocycles. The molecule has 1 aliphatic heterocycles. The number of nitrogens with two attached hydrogens (primary N) is 1. The molecule has 0 aromatic rings. The van der Waals surface area contributed by atoms with Crippen molar-refractivity contribution in [3.8, 4) is 0 Å². The Morgan fingerprint density at radius 2 is 2.13 bits per heavy atom. The van der Waals surface area contributed by atoms with Gasteiger partial charge in [0, 0.05) is 32.7 Å². The molecule has 1 saturated heterocycles. The van der Waals surface area contributed by atoms with Crippen molar-refractivity contribution in [3.63, 3.8) is 0 Å². The predicted molar refractivity (Wildman–Crippen MR) is 63.0 cm³/mol. The minimum Gasteiger partial charge on any atom is -0.368 e. The summed E-state index contributed by atoms with van der Waals surface area (Å²) in [7, 11) is 4.21. The van der Waals surface area contributed by atoms with Gasteiger partial charge in [-0.15, -0.1) is 0 Å². The van der Waals surface area contributed by atoms with Gasteiger partial charge in [0.15, 0.2) is 0 Å². The van der Waals surface area contributed by atoms with Gasteiger partial charge in [-0.25, -0.2) is 0 Å². The van der Waals surface area contributed by atoms with Crippen molar-refractivity contribution in [3.05, 3.63) is 0 Å². The maximum atomic E-state index is 5.88. The predicted octanol–water partition coefficient (Wildman–Crippen LogP) is -0.0139. The van der Waals surface area contributed by atoms with E-state index in [1.165, 1.54) is 0 Å². The Kier molecular flexibility index (Phi) is 4.52. The van der Waals surface area contributed by atoms with E-state index in [-0.39, 0.29) is 11.7 Å². The molecule has 1 atom stereocenters. The van der Waals surface area contributed by atoms with Crippen LogP contribution in [-0.4, -0.2) is 68.3 Å². The van der Waals surface area contributed by atoms with Crippen LogP contribution in [0.25, 0.3) is 0 Å². The van der Waals surface area contributed by atoms with E-state index in [1.54, 1.807) is 0 Å². The minimum atomic E-state index is -0.0609. The molecule has 15 heavy (non-hydrogen) atoms. The van der Waals surface area contributed by atoms with Crippen LogP contribution in [0, 0.1) is 0 Å². The number of morpholine rings is 1. The van der Waals surface area contributed by atoms with Gasteiger partial charge in [-0.05, 0) is 27.9 Å². The highest BCUT2D eigenvalue weighted by atomic mass is 16.5. The Hall–Kier alpha value is -0.160. The molecule has 1 rings (SSSR count). The number of hydrogen-bond acceptors (Lipinski definition) is 4. The van der Waals surface area contributed by atoms with Gasteiger partial charge in [0.05, 0.1) is 11.7 Å². The van der Waals surface area contributed by atoms with Crippen molar-refractivity contribution in [1.29, 1.82) is 0 Å². The third-order valence-corrected chi connectivity index (χ3v) is 2.68. The summed E-state index contributed by atoms with van der Waals surface area (Å²) < 4.78 is 5.88. The van der Waals surface area contributed by atoms with E-state index in [1.807, 2.05) is 0 Å². The molecule has 0 radical (unpaired) electrons. The van der Waals surface area contributed by atoms with Crippen LogP contribution in [0.15, 0.2) is 0 Å². The van der Waals surface area contributed by atoms with Crippen LogP contribution in [0.1, 0.15) is 13.8 Å². The van der Waals surface area contributed by atoms with Crippen molar-refractivity contribution >= 4 is 0 Å². The first kappa shape index (κ1) is 12.9. The highest BCUT2D eigenvalue weighted by Gasteiger charge is 2.32. The number of hydrogen-bond donors (Lipinski definition) is 1. The Balaban J connectivity index is 2.43. The molecule has 1 unspecified atom stereocenters. The maximum absolute atomic E-state index is 5.88. The van der Waals surface area contributed by atoms with Crippen LogP contribution < -0.4 is 5.73 Å². The van der Waals surface area contributed by atoms with Crippen molar-refractivity contribution in [2.24, 2.45) is 5.73 Å². The summed E-state index contributed by atoms with van der Waals surface area (Å²) in [6, 6.07) is 0. The first-order valence-corrected chi connectivity index (χ1v) is 5.68. The molecule has 0 amide bonds. The molecule has 1 aliphatic rings. The molecule has 1 fully saturated rings. The average molecular weight is 215 g/mol. The normalized spacial score (nSPS) is 27.2. The summed E-state index contributed by atoms with van der Waals surface area (Å²) in [5.41, 5.74) is 5.62. The number of rotatable bonds is 4. The zero-order valence-corrected chi connectivity index (χ0v) is 10.5. The third-order valence-electron chi connectivity index (χ3n) is 2.68. The van der Waals surface area contributed by atoms with Crippen molar-refractivity contribution in [2.75, 3.05) is 46.8 Å². The summed E-state index contributed by atoms with van der Waals surface area (Å²) in [4.78, 5) is 4.65. The van der Waals surface area contributed by atoms with E-state index in [2.05, 4.69) is 37.7 Å². The van der Waals surface area contributed by atoms with Crippen LogP contribution in [0.5, 0.6) is 0 Å². The zero-order chi connectivity index (χ0) is 11.5.